The molecule has 0 atom stereocenters. The highest BCUT2D eigenvalue weighted by molar-refractivity contribution is 9.10. The largest absolute Gasteiger partial charge is 0.485 e. The van der Waals surface area contributed by atoms with Crippen molar-refractivity contribution in [3.05, 3.63) is 49.0 Å². The number of carbonyl (C=O) groups is 1. The van der Waals surface area contributed by atoms with Crippen molar-refractivity contribution in [1.82, 2.24) is 0 Å². The van der Waals surface area contributed by atoms with Crippen molar-refractivity contribution in [2.75, 3.05) is 6.61 Å². The summed E-state index contributed by atoms with van der Waals surface area (Å²) in [6.07, 6.45) is 0. The number of benzene rings is 1. The minimum atomic E-state index is -0.0806. The predicted molar refractivity (Wildman–Crippen MR) is 78.3 cm³/mol. The summed E-state index contributed by atoms with van der Waals surface area (Å²) < 4.78 is 6.16. The summed E-state index contributed by atoms with van der Waals surface area (Å²) in [5, 5.41) is 2.70. The van der Waals surface area contributed by atoms with Crippen molar-refractivity contribution in [2.45, 2.75) is 0 Å². The Balaban J connectivity index is 2.02. The number of carbonyl (C=O) groups excluding carboxylic acids is 1. The monoisotopic (exact) mass is 364 g/mol. The van der Waals surface area contributed by atoms with Crippen molar-refractivity contribution in [3.63, 3.8) is 0 Å². The van der Waals surface area contributed by atoms with Crippen LogP contribution in [0.2, 0.25) is 10.0 Å². The van der Waals surface area contributed by atoms with Crippen molar-refractivity contribution in [1.29, 1.82) is 0 Å². The number of thiophene rings is 1. The average molecular weight is 366 g/mol. The SMILES string of the molecule is O=C(COc1ccc(Cl)c(Cl)c1)c1sccc1Br. The summed E-state index contributed by atoms with van der Waals surface area (Å²) >= 11 is 16.3. The van der Waals surface area contributed by atoms with Crippen LogP contribution in [0.15, 0.2) is 34.1 Å². The van der Waals surface area contributed by atoms with E-state index in [9.17, 15) is 4.79 Å². The third kappa shape index (κ3) is 3.26. The molecule has 18 heavy (non-hydrogen) atoms. The maximum absolute atomic E-state index is 11.8. The molecule has 0 aliphatic carbocycles. The van der Waals surface area contributed by atoms with Crippen LogP contribution in [0.25, 0.3) is 0 Å². The fourth-order valence-electron chi connectivity index (χ4n) is 1.27. The Morgan fingerprint density at radius 3 is 2.67 bits per heavy atom. The summed E-state index contributed by atoms with van der Waals surface area (Å²) in [7, 11) is 0. The van der Waals surface area contributed by atoms with E-state index in [-0.39, 0.29) is 12.4 Å². The van der Waals surface area contributed by atoms with Gasteiger partial charge in [0.25, 0.3) is 0 Å². The molecule has 0 saturated carbocycles. The number of ether oxygens (including phenoxy) is 1. The van der Waals surface area contributed by atoms with Gasteiger partial charge in [-0.15, -0.1) is 11.3 Å². The van der Waals surface area contributed by atoms with E-state index in [0.717, 1.165) is 4.47 Å². The van der Waals surface area contributed by atoms with Crippen LogP contribution >= 0.6 is 50.5 Å². The Morgan fingerprint density at radius 1 is 1.28 bits per heavy atom. The topological polar surface area (TPSA) is 26.3 Å². The Labute approximate surface area is 127 Å². The van der Waals surface area contributed by atoms with Gasteiger partial charge in [-0.2, -0.15) is 0 Å². The van der Waals surface area contributed by atoms with Crippen LogP contribution in [-0.2, 0) is 0 Å². The molecule has 0 spiro atoms. The highest BCUT2D eigenvalue weighted by atomic mass is 79.9. The molecule has 94 valence electrons. The van der Waals surface area contributed by atoms with Gasteiger partial charge in [-0.3, -0.25) is 4.79 Å². The van der Waals surface area contributed by atoms with Gasteiger partial charge < -0.3 is 4.74 Å². The van der Waals surface area contributed by atoms with Gasteiger partial charge in [0.05, 0.1) is 14.9 Å². The molecule has 0 fully saturated rings. The summed E-state index contributed by atoms with van der Waals surface area (Å²) in [4.78, 5) is 12.5. The lowest BCUT2D eigenvalue weighted by Gasteiger charge is -2.06. The smallest absolute Gasteiger partial charge is 0.211 e. The highest BCUT2D eigenvalue weighted by Gasteiger charge is 2.12. The molecule has 1 aromatic heterocycles. The van der Waals surface area contributed by atoms with Gasteiger partial charge in [-0.05, 0) is 39.5 Å². The maximum Gasteiger partial charge on any atom is 0.211 e. The van der Waals surface area contributed by atoms with Gasteiger partial charge in [-0.1, -0.05) is 23.2 Å². The minimum Gasteiger partial charge on any atom is -0.485 e. The van der Waals surface area contributed by atoms with E-state index in [1.807, 2.05) is 11.4 Å². The van der Waals surface area contributed by atoms with E-state index in [0.29, 0.717) is 20.7 Å². The quantitative estimate of drug-likeness (QED) is 0.706. The molecular formula is C12H7BrCl2O2S. The number of ketones is 1. The van der Waals surface area contributed by atoms with Crippen LogP contribution < -0.4 is 4.74 Å². The van der Waals surface area contributed by atoms with Gasteiger partial charge in [-0.25, -0.2) is 0 Å². The molecule has 0 bridgehead atoms. The normalized spacial score (nSPS) is 10.4. The number of rotatable bonds is 4. The number of hydrogen-bond acceptors (Lipinski definition) is 3. The van der Waals surface area contributed by atoms with Crippen LogP contribution in [0.1, 0.15) is 9.67 Å². The number of Topliss-reactive ketones (excluding diaryl/α,β-unsaturated/α-hetero) is 1. The molecule has 2 aromatic rings. The first-order valence-corrected chi connectivity index (χ1v) is 7.35. The first-order valence-electron chi connectivity index (χ1n) is 4.92. The minimum absolute atomic E-state index is 0.0307. The predicted octanol–water partition coefficient (Wildman–Crippen LogP) is 5.08. The van der Waals surface area contributed by atoms with Gasteiger partial charge in [0, 0.05) is 10.5 Å². The van der Waals surface area contributed by atoms with E-state index in [2.05, 4.69) is 15.9 Å². The Bertz CT molecular complexity index is 583. The molecule has 6 heteroatoms. The molecule has 0 saturated heterocycles. The second kappa shape index (κ2) is 6.06. The zero-order chi connectivity index (χ0) is 13.1. The second-order valence-corrected chi connectivity index (χ2v) is 5.97. The first kappa shape index (κ1) is 13.9. The molecule has 2 rings (SSSR count). The van der Waals surface area contributed by atoms with Crippen LogP contribution in [-0.4, -0.2) is 12.4 Å². The van der Waals surface area contributed by atoms with Gasteiger partial charge >= 0.3 is 0 Å². The molecule has 0 radical (unpaired) electrons. The Hall–Kier alpha value is -0.550. The zero-order valence-electron chi connectivity index (χ0n) is 8.95. The lowest BCUT2D eigenvalue weighted by Crippen LogP contribution is -2.10. The third-order valence-electron chi connectivity index (χ3n) is 2.13. The molecule has 0 aliphatic heterocycles. The van der Waals surface area contributed by atoms with E-state index >= 15 is 0 Å². The molecule has 0 aliphatic rings. The zero-order valence-corrected chi connectivity index (χ0v) is 12.9. The van der Waals surface area contributed by atoms with E-state index in [1.165, 1.54) is 11.3 Å². The number of hydrogen-bond donors (Lipinski definition) is 0. The molecule has 1 aromatic carbocycles. The summed E-state index contributed by atoms with van der Waals surface area (Å²) in [6.45, 7) is -0.0307. The first-order chi connectivity index (χ1) is 8.58. The fourth-order valence-corrected chi connectivity index (χ4v) is 3.08. The summed E-state index contributed by atoms with van der Waals surface area (Å²) in [6, 6.07) is 6.72. The summed E-state index contributed by atoms with van der Waals surface area (Å²) in [5.74, 6) is 0.438. The van der Waals surface area contributed by atoms with Gasteiger partial charge in [0.1, 0.15) is 5.75 Å². The second-order valence-electron chi connectivity index (χ2n) is 3.39. The molecule has 0 N–H and O–H groups in total. The lowest BCUT2D eigenvalue weighted by atomic mass is 10.3. The van der Waals surface area contributed by atoms with Crippen LogP contribution in [0.3, 0.4) is 0 Å². The lowest BCUT2D eigenvalue weighted by molar-refractivity contribution is 0.0925. The molecule has 1 heterocycles. The standard InChI is InChI=1S/C12H7BrCl2O2S/c13-8-3-4-18-12(8)11(16)6-17-7-1-2-9(14)10(15)5-7/h1-5H,6H2. The molecular weight excluding hydrogens is 359 g/mol. The van der Waals surface area contributed by atoms with E-state index in [4.69, 9.17) is 27.9 Å². The molecule has 0 unspecified atom stereocenters. The van der Waals surface area contributed by atoms with Crippen LogP contribution in [0.4, 0.5) is 0 Å². The van der Waals surface area contributed by atoms with Crippen LogP contribution in [0.5, 0.6) is 5.75 Å². The maximum atomic E-state index is 11.8. The van der Waals surface area contributed by atoms with E-state index < -0.39 is 0 Å². The van der Waals surface area contributed by atoms with Crippen molar-refractivity contribution in [3.8, 4) is 5.75 Å². The third-order valence-corrected chi connectivity index (χ3v) is 4.75. The Morgan fingerprint density at radius 2 is 2.06 bits per heavy atom. The van der Waals surface area contributed by atoms with E-state index in [1.54, 1.807) is 18.2 Å². The fraction of sp³-hybridized carbons (Fsp3) is 0.0833. The van der Waals surface area contributed by atoms with Crippen molar-refractivity contribution >= 4 is 56.3 Å². The van der Waals surface area contributed by atoms with Crippen molar-refractivity contribution in [2.24, 2.45) is 0 Å². The van der Waals surface area contributed by atoms with Gasteiger partial charge in [0.15, 0.2) is 6.61 Å². The average Bonchev–Trinajstić information content (AvgIpc) is 2.77. The molecule has 0 amide bonds. The Kier molecular flexibility index (Phi) is 4.67. The van der Waals surface area contributed by atoms with Crippen molar-refractivity contribution < 1.29 is 9.53 Å². The summed E-state index contributed by atoms with van der Waals surface area (Å²) in [5.41, 5.74) is 0. The highest BCUT2D eigenvalue weighted by Crippen LogP contribution is 2.27. The molecule has 2 nitrogen and oxygen atoms in total. The number of halogens is 3. The van der Waals surface area contributed by atoms with Crippen LogP contribution in [0, 0.1) is 0 Å². The van der Waals surface area contributed by atoms with Gasteiger partial charge in [0.2, 0.25) is 5.78 Å².